The predicted octanol–water partition coefficient (Wildman–Crippen LogP) is 5.25. The lowest BCUT2D eigenvalue weighted by Crippen LogP contribution is -2.19. The van der Waals surface area contributed by atoms with Crippen LogP contribution in [0.5, 0.6) is 0 Å². The summed E-state index contributed by atoms with van der Waals surface area (Å²) in [5.74, 6) is -1.40. The SMILES string of the molecule is O=C(Cc1csc(-c2cccnc2)n1)Nc1ccc(NC(=O)c2ccco2)cc1C(F)(F)F. The van der Waals surface area contributed by atoms with Crippen LogP contribution in [0.1, 0.15) is 21.8 Å². The minimum atomic E-state index is -4.76. The van der Waals surface area contributed by atoms with Gasteiger partial charge in [0.05, 0.1) is 29.6 Å². The third-order valence-corrected chi connectivity index (χ3v) is 5.34. The van der Waals surface area contributed by atoms with Crippen molar-refractivity contribution >= 4 is 34.5 Å². The summed E-state index contributed by atoms with van der Waals surface area (Å²) in [6.07, 6.45) is -0.439. The molecule has 4 rings (SSSR count). The van der Waals surface area contributed by atoms with Gasteiger partial charge in [-0.05, 0) is 42.5 Å². The number of nitrogens with one attached hydrogen (secondary N) is 2. The van der Waals surface area contributed by atoms with Crippen molar-refractivity contribution in [2.45, 2.75) is 12.6 Å². The maximum Gasteiger partial charge on any atom is 0.418 e. The molecule has 0 aliphatic rings. The zero-order chi connectivity index (χ0) is 23.4. The molecule has 0 fully saturated rings. The molecule has 168 valence electrons. The Morgan fingerprint density at radius 1 is 1.09 bits per heavy atom. The molecule has 0 saturated heterocycles. The van der Waals surface area contributed by atoms with Crippen molar-refractivity contribution in [1.82, 2.24) is 9.97 Å². The summed E-state index contributed by atoms with van der Waals surface area (Å²) in [5, 5.41) is 6.94. The molecular weight excluding hydrogens is 457 g/mol. The lowest BCUT2D eigenvalue weighted by Gasteiger charge is -2.15. The quantitative estimate of drug-likeness (QED) is 0.400. The van der Waals surface area contributed by atoms with Crippen LogP contribution in [-0.2, 0) is 17.4 Å². The van der Waals surface area contributed by atoms with E-state index in [-0.39, 0.29) is 17.9 Å². The fraction of sp³-hybridized carbons (Fsp3) is 0.0909. The molecule has 11 heteroatoms. The van der Waals surface area contributed by atoms with E-state index in [1.807, 2.05) is 6.07 Å². The van der Waals surface area contributed by atoms with Crippen molar-refractivity contribution in [3.63, 3.8) is 0 Å². The van der Waals surface area contributed by atoms with E-state index in [2.05, 4.69) is 20.6 Å². The number of hydrogen-bond acceptors (Lipinski definition) is 6. The van der Waals surface area contributed by atoms with Gasteiger partial charge in [0, 0.05) is 29.0 Å². The molecule has 0 bridgehead atoms. The summed E-state index contributed by atoms with van der Waals surface area (Å²) in [6.45, 7) is 0. The minimum Gasteiger partial charge on any atom is -0.459 e. The third-order valence-electron chi connectivity index (χ3n) is 4.40. The average Bonchev–Trinajstić information content (AvgIpc) is 3.47. The van der Waals surface area contributed by atoms with Crippen LogP contribution in [0.2, 0.25) is 0 Å². The number of amides is 2. The van der Waals surface area contributed by atoms with E-state index in [1.165, 1.54) is 35.8 Å². The smallest absolute Gasteiger partial charge is 0.418 e. The van der Waals surface area contributed by atoms with Crippen LogP contribution in [0.3, 0.4) is 0 Å². The van der Waals surface area contributed by atoms with Crippen molar-refractivity contribution in [1.29, 1.82) is 0 Å². The third kappa shape index (κ3) is 5.44. The Morgan fingerprint density at radius 3 is 2.64 bits per heavy atom. The van der Waals surface area contributed by atoms with E-state index >= 15 is 0 Å². The van der Waals surface area contributed by atoms with Gasteiger partial charge in [0.15, 0.2) is 5.76 Å². The second-order valence-electron chi connectivity index (χ2n) is 6.80. The van der Waals surface area contributed by atoms with Gasteiger partial charge in [-0.15, -0.1) is 11.3 Å². The van der Waals surface area contributed by atoms with Gasteiger partial charge in [0.25, 0.3) is 5.91 Å². The van der Waals surface area contributed by atoms with Crippen LogP contribution in [0.25, 0.3) is 10.6 Å². The lowest BCUT2D eigenvalue weighted by molar-refractivity contribution is -0.136. The number of furan rings is 1. The van der Waals surface area contributed by atoms with Gasteiger partial charge in [0.1, 0.15) is 5.01 Å². The van der Waals surface area contributed by atoms with Gasteiger partial charge in [-0.25, -0.2) is 4.98 Å². The number of anilines is 2. The summed E-state index contributed by atoms with van der Waals surface area (Å²) in [5.41, 5.74) is -0.413. The number of alkyl halides is 3. The van der Waals surface area contributed by atoms with E-state index in [0.29, 0.717) is 10.7 Å². The van der Waals surface area contributed by atoms with Crippen molar-refractivity contribution in [3.05, 3.63) is 83.5 Å². The molecule has 1 aromatic carbocycles. The molecule has 0 aliphatic heterocycles. The molecule has 0 saturated carbocycles. The molecule has 2 amide bonds. The number of hydrogen-bond donors (Lipinski definition) is 2. The highest BCUT2D eigenvalue weighted by Crippen LogP contribution is 2.37. The van der Waals surface area contributed by atoms with Crippen LogP contribution in [-0.4, -0.2) is 21.8 Å². The van der Waals surface area contributed by atoms with Crippen molar-refractivity contribution < 1.29 is 27.2 Å². The number of aromatic nitrogens is 2. The Balaban J connectivity index is 1.48. The average molecular weight is 472 g/mol. The molecule has 0 aliphatic carbocycles. The maximum atomic E-state index is 13.6. The highest BCUT2D eigenvalue weighted by molar-refractivity contribution is 7.13. The number of carbonyl (C=O) groups excluding carboxylic acids is 2. The monoisotopic (exact) mass is 472 g/mol. The molecule has 2 N–H and O–H groups in total. The standard InChI is InChI=1S/C22H15F3N4O3S/c23-22(24,25)16-9-14(27-20(31)18-4-2-8-32-18)5-6-17(16)29-19(30)10-15-12-33-21(28-15)13-3-1-7-26-11-13/h1-9,11-12H,10H2,(H,27,31)(H,29,30). The molecular formula is C22H15F3N4O3S. The summed E-state index contributed by atoms with van der Waals surface area (Å²) in [4.78, 5) is 32.8. The Morgan fingerprint density at radius 2 is 1.94 bits per heavy atom. The molecule has 0 spiro atoms. The van der Waals surface area contributed by atoms with E-state index in [4.69, 9.17) is 4.42 Å². The molecule has 3 aromatic heterocycles. The predicted molar refractivity (Wildman–Crippen MR) is 116 cm³/mol. The normalized spacial score (nSPS) is 11.2. The molecule has 33 heavy (non-hydrogen) atoms. The van der Waals surface area contributed by atoms with Crippen LogP contribution >= 0.6 is 11.3 Å². The fourth-order valence-electron chi connectivity index (χ4n) is 2.93. The van der Waals surface area contributed by atoms with Gasteiger partial charge in [-0.3, -0.25) is 14.6 Å². The molecule has 3 heterocycles. The zero-order valence-corrected chi connectivity index (χ0v) is 17.5. The molecule has 7 nitrogen and oxygen atoms in total. The van der Waals surface area contributed by atoms with Crippen LogP contribution in [0.4, 0.5) is 24.5 Å². The number of carbonyl (C=O) groups is 2. The molecule has 0 unspecified atom stereocenters. The largest absolute Gasteiger partial charge is 0.459 e. The Hall–Kier alpha value is -3.99. The van der Waals surface area contributed by atoms with E-state index < -0.39 is 29.2 Å². The fourth-order valence-corrected chi connectivity index (χ4v) is 3.75. The number of nitrogens with zero attached hydrogens (tertiary/aromatic N) is 2. The number of pyridine rings is 1. The first-order valence-electron chi connectivity index (χ1n) is 9.50. The summed E-state index contributed by atoms with van der Waals surface area (Å²) < 4.78 is 45.8. The number of thiazole rings is 1. The van der Waals surface area contributed by atoms with Crippen LogP contribution < -0.4 is 10.6 Å². The van der Waals surface area contributed by atoms with Gasteiger partial charge in [-0.2, -0.15) is 13.2 Å². The first-order valence-corrected chi connectivity index (χ1v) is 10.4. The first-order chi connectivity index (χ1) is 15.8. The number of halogens is 3. The Bertz CT molecular complexity index is 1270. The lowest BCUT2D eigenvalue weighted by atomic mass is 10.1. The molecule has 0 radical (unpaired) electrons. The second kappa shape index (κ2) is 9.25. The second-order valence-corrected chi connectivity index (χ2v) is 7.66. The maximum absolute atomic E-state index is 13.6. The number of rotatable bonds is 6. The van der Waals surface area contributed by atoms with Gasteiger partial charge in [-0.1, -0.05) is 0 Å². The van der Waals surface area contributed by atoms with Gasteiger partial charge in [0.2, 0.25) is 5.91 Å². The van der Waals surface area contributed by atoms with Crippen molar-refractivity contribution in [2.24, 2.45) is 0 Å². The van der Waals surface area contributed by atoms with E-state index in [0.717, 1.165) is 17.7 Å². The van der Waals surface area contributed by atoms with E-state index in [9.17, 15) is 22.8 Å². The minimum absolute atomic E-state index is 0.0464. The zero-order valence-electron chi connectivity index (χ0n) is 16.7. The van der Waals surface area contributed by atoms with Crippen molar-refractivity contribution in [3.8, 4) is 10.6 Å². The summed E-state index contributed by atoms with van der Waals surface area (Å²) >= 11 is 1.31. The molecule has 4 aromatic rings. The molecule has 0 atom stereocenters. The highest BCUT2D eigenvalue weighted by Gasteiger charge is 2.34. The van der Waals surface area contributed by atoms with Crippen LogP contribution in [0.15, 0.2) is 70.9 Å². The highest BCUT2D eigenvalue weighted by atomic mass is 32.1. The Labute approximate surface area is 189 Å². The Kier molecular flexibility index (Phi) is 6.22. The topological polar surface area (TPSA) is 97.1 Å². The van der Waals surface area contributed by atoms with Gasteiger partial charge >= 0.3 is 6.18 Å². The number of benzene rings is 1. The summed E-state index contributed by atoms with van der Waals surface area (Å²) in [7, 11) is 0. The van der Waals surface area contributed by atoms with Gasteiger partial charge < -0.3 is 15.1 Å². The van der Waals surface area contributed by atoms with Crippen molar-refractivity contribution in [2.75, 3.05) is 10.6 Å². The van der Waals surface area contributed by atoms with E-state index in [1.54, 1.807) is 23.8 Å². The first kappa shape index (κ1) is 22.2. The summed E-state index contributed by atoms with van der Waals surface area (Å²) in [6, 6.07) is 9.53. The van der Waals surface area contributed by atoms with Crippen LogP contribution in [0, 0.1) is 0 Å².